The van der Waals surface area contributed by atoms with Crippen LogP contribution in [0.15, 0.2) is 59.9 Å². The fourth-order valence-corrected chi connectivity index (χ4v) is 5.77. The van der Waals surface area contributed by atoms with Gasteiger partial charge in [-0.05, 0) is 53.5 Å². The summed E-state index contributed by atoms with van der Waals surface area (Å²) in [6, 6.07) is 12.3. The van der Waals surface area contributed by atoms with Gasteiger partial charge in [-0.3, -0.25) is 9.97 Å². The van der Waals surface area contributed by atoms with Gasteiger partial charge in [0.1, 0.15) is 12.7 Å². The lowest BCUT2D eigenvalue weighted by Gasteiger charge is -2.12. The molecule has 0 aliphatic heterocycles. The van der Waals surface area contributed by atoms with E-state index in [4.69, 9.17) is 0 Å². The number of aromatic nitrogens is 4. The van der Waals surface area contributed by atoms with Crippen molar-refractivity contribution in [1.82, 2.24) is 19.5 Å². The van der Waals surface area contributed by atoms with Crippen LogP contribution in [0.1, 0.15) is 23.5 Å². The number of hydrogen-bond acceptors (Lipinski definition) is 8. The molecule has 0 saturated heterocycles. The molecule has 0 aliphatic rings. The van der Waals surface area contributed by atoms with Gasteiger partial charge in [-0.25, -0.2) is 9.55 Å². The summed E-state index contributed by atoms with van der Waals surface area (Å²) in [6.07, 6.45) is 6.13. The molecule has 8 nitrogen and oxygen atoms in total. The normalized spacial score (nSPS) is 11.1. The zero-order valence-corrected chi connectivity index (χ0v) is 21.4. The Morgan fingerprint density at radius 1 is 1.06 bits per heavy atom. The highest BCUT2D eigenvalue weighted by atomic mass is 32.2. The van der Waals surface area contributed by atoms with E-state index >= 15 is 0 Å². The summed E-state index contributed by atoms with van der Waals surface area (Å²) >= 11 is 3.67. The summed E-state index contributed by atoms with van der Waals surface area (Å²) in [4.78, 5) is 25.1. The van der Waals surface area contributed by atoms with Crippen molar-refractivity contribution in [1.29, 1.82) is 0 Å². The Morgan fingerprint density at radius 2 is 1.91 bits per heavy atom. The number of hydrogen-bond donors (Lipinski definition) is 1. The number of benzene rings is 1. The van der Waals surface area contributed by atoms with Gasteiger partial charge in [0.15, 0.2) is 5.82 Å². The molecule has 0 bridgehead atoms. The zero-order chi connectivity index (χ0) is 24.6. The molecule has 0 aliphatic carbocycles. The molecule has 10 heteroatoms. The van der Waals surface area contributed by atoms with Gasteiger partial charge in [-0.2, -0.15) is 11.8 Å². The van der Waals surface area contributed by atoms with Crippen LogP contribution in [-0.2, 0) is 13.1 Å². The SMILES string of the molecule is Cc1c(SCCCSCCn2c([N+](=O)[O-])cnc2C)ccnc1CNc1cnc2ccccc2c1. The number of pyridine rings is 2. The number of nitro groups is 1. The monoisotopic (exact) mass is 508 g/mol. The Bertz CT molecular complexity index is 1310. The summed E-state index contributed by atoms with van der Waals surface area (Å²) in [5.41, 5.74) is 4.21. The van der Waals surface area contributed by atoms with Crippen molar-refractivity contribution in [3.63, 3.8) is 0 Å². The highest BCUT2D eigenvalue weighted by Gasteiger charge is 2.16. The highest BCUT2D eigenvalue weighted by molar-refractivity contribution is 8.00. The largest absolute Gasteiger partial charge is 0.378 e. The molecule has 0 spiro atoms. The number of thioether (sulfide) groups is 2. The Labute approximate surface area is 213 Å². The third kappa shape index (κ3) is 6.52. The average Bonchev–Trinajstić information content (AvgIpc) is 3.24. The Balaban J connectivity index is 1.21. The molecular formula is C25H28N6O2S2. The standard InChI is InChI=1S/C25H28N6O2S2/c1-18-23(16-28-21-14-20-6-3-4-7-22(20)29-15-21)26-9-8-24(18)35-12-5-11-34-13-10-30-19(2)27-17-25(30)31(32)33/h3-4,6-9,14-15,17,28H,5,10-13,16H2,1-2H3. The van der Waals surface area contributed by atoms with Crippen LogP contribution < -0.4 is 5.32 Å². The van der Waals surface area contributed by atoms with E-state index in [9.17, 15) is 10.1 Å². The molecule has 3 aromatic heterocycles. The van der Waals surface area contributed by atoms with Crippen LogP contribution in [0.4, 0.5) is 11.5 Å². The predicted octanol–water partition coefficient (Wildman–Crippen LogP) is 5.88. The fraction of sp³-hybridized carbons (Fsp3) is 0.320. The van der Waals surface area contributed by atoms with E-state index in [0.29, 0.717) is 18.9 Å². The van der Waals surface area contributed by atoms with Gasteiger partial charge in [-0.15, -0.1) is 11.8 Å². The number of para-hydroxylation sites is 1. The highest BCUT2D eigenvalue weighted by Crippen LogP contribution is 2.26. The molecule has 4 aromatic rings. The van der Waals surface area contributed by atoms with Gasteiger partial charge >= 0.3 is 5.82 Å². The van der Waals surface area contributed by atoms with Crippen molar-refractivity contribution in [2.75, 3.05) is 22.6 Å². The molecule has 3 heterocycles. The van der Waals surface area contributed by atoms with E-state index in [0.717, 1.165) is 46.0 Å². The Hall–Kier alpha value is -3.11. The Morgan fingerprint density at radius 3 is 2.77 bits per heavy atom. The topological polar surface area (TPSA) is 98.8 Å². The number of aryl methyl sites for hydroxylation is 1. The second-order valence-corrected chi connectivity index (χ2v) is 10.4. The van der Waals surface area contributed by atoms with Crippen LogP contribution in [0.5, 0.6) is 0 Å². The predicted molar refractivity (Wildman–Crippen MR) is 144 cm³/mol. The van der Waals surface area contributed by atoms with Crippen molar-refractivity contribution in [3.8, 4) is 0 Å². The first-order valence-corrected chi connectivity index (χ1v) is 13.6. The molecule has 35 heavy (non-hydrogen) atoms. The minimum absolute atomic E-state index is 0.0639. The molecule has 0 radical (unpaired) electrons. The van der Waals surface area contributed by atoms with Crippen LogP contribution in [0, 0.1) is 24.0 Å². The molecule has 0 amide bonds. The number of anilines is 1. The van der Waals surface area contributed by atoms with Crippen LogP contribution in [0.3, 0.4) is 0 Å². The van der Waals surface area contributed by atoms with Gasteiger partial charge in [-0.1, -0.05) is 18.2 Å². The van der Waals surface area contributed by atoms with Gasteiger partial charge < -0.3 is 15.4 Å². The third-order valence-electron chi connectivity index (χ3n) is 5.68. The fourth-order valence-electron chi connectivity index (χ4n) is 3.73. The molecule has 4 rings (SSSR count). The average molecular weight is 509 g/mol. The lowest BCUT2D eigenvalue weighted by molar-refractivity contribution is -0.392. The van der Waals surface area contributed by atoms with Crippen molar-refractivity contribution in [3.05, 3.63) is 82.2 Å². The lowest BCUT2D eigenvalue weighted by atomic mass is 10.2. The molecule has 1 N–H and O–H groups in total. The second-order valence-electron chi connectivity index (χ2n) is 8.04. The van der Waals surface area contributed by atoms with E-state index in [-0.39, 0.29) is 10.7 Å². The maximum atomic E-state index is 11.1. The van der Waals surface area contributed by atoms with Crippen LogP contribution >= 0.6 is 23.5 Å². The number of fused-ring (bicyclic) bond motifs is 1. The molecule has 0 atom stereocenters. The van der Waals surface area contributed by atoms with Crippen molar-refractivity contribution in [2.45, 2.75) is 38.3 Å². The van der Waals surface area contributed by atoms with Crippen LogP contribution in [-0.4, -0.2) is 41.7 Å². The first-order chi connectivity index (χ1) is 17.0. The van der Waals surface area contributed by atoms with Crippen molar-refractivity contribution < 1.29 is 4.92 Å². The summed E-state index contributed by atoms with van der Waals surface area (Å²) in [6.45, 7) is 5.18. The third-order valence-corrected chi connectivity index (χ3v) is 7.97. The summed E-state index contributed by atoms with van der Waals surface area (Å²) < 4.78 is 1.67. The summed E-state index contributed by atoms with van der Waals surface area (Å²) in [5, 5.41) is 15.6. The maximum Gasteiger partial charge on any atom is 0.342 e. The quantitative estimate of drug-likeness (QED) is 0.110. The van der Waals surface area contributed by atoms with Crippen molar-refractivity contribution >= 4 is 45.9 Å². The van der Waals surface area contributed by atoms with Crippen molar-refractivity contribution in [2.24, 2.45) is 0 Å². The number of nitrogens with one attached hydrogen (secondary N) is 1. The van der Waals surface area contributed by atoms with Crippen LogP contribution in [0.25, 0.3) is 10.9 Å². The molecule has 0 saturated carbocycles. The van der Waals surface area contributed by atoms with E-state index < -0.39 is 0 Å². The molecular weight excluding hydrogens is 480 g/mol. The number of nitrogens with zero attached hydrogens (tertiary/aromatic N) is 5. The number of rotatable bonds is 12. The first kappa shape index (κ1) is 25.0. The van der Waals surface area contributed by atoms with E-state index in [1.54, 1.807) is 11.5 Å². The smallest absolute Gasteiger partial charge is 0.342 e. The Kier molecular flexibility index (Phi) is 8.59. The minimum atomic E-state index is -0.374. The van der Waals surface area contributed by atoms with Gasteiger partial charge in [0.2, 0.25) is 0 Å². The van der Waals surface area contributed by atoms with E-state index in [1.165, 1.54) is 16.7 Å². The zero-order valence-electron chi connectivity index (χ0n) is 19.8. The molecule has 0 unspecified atom stereocenters. The molecule has 1 aromatic carbocycles. The second kappa shape index (κ2) is 12.0. The first-order valence-electron chi connectivity index (χ1n) is 11.4. The van der Waals surface area contributed by atoms with E-state index in [1.807, 2.05) is 54.1 Å². The lowest BCUT2D eigenvalue weighted by Crippen LogP contribution is -2.07. The van der Waals surface area contributed by atoms with Gasteiger partial charge in [0.25, 0.3) is 0 Å². The molecule has 0 fully saturated rings. The molecule has 182 valence electrons. The summed E-state index contributed by atoms with van der Waals surface area (Å²) in [5.74, 6) is 3.61. The van der Waals surface area contributed by atoms with Gasteiger partial charge in [0.05, 0.1) is 29.6 Å². The van der Waals surface area contributed by atoms with Crippen LogP contribution in [0.2, 0.25) is 0 Å². The minimum Gasteiger partial charge on any atom is -0.378 e. The summed E-state index contributed by atoms with van der Waals surface area (Å²) in [7, 11) is 0. The van der Waals surface area contributed by atoms with E-state index in [2.05, 4.69) is 45.4 Å². The van der Waals surface area contributed by atoms with Gasteiger partial charge in [0, 0.05) is 29.2 Å². The number of imidazole rings is 1. The maximum absolute atomic E-state index is 11.1.